The summed E-state index contributed by atoms with van der Waals surface area (Å²) in [5, 5.41) is 4.94. The van der Waals surface area contributed by atoms with Gasteiger partial charge in [0.2, 0.25) is 5.91 Å². The molecule has 1 aromatic rings. The molecule has 0 fully saturated rings. The largest absolute Gasteiger partial charge is 0.460 e. The van der Waals surface area contributed by atoms with E-state index in [4.69, 9.17) is 18.9 Å². The topological polar surface area (TPSA) is 146 Å². The van der Waals surface area contributed by atoms with E-state index in [0.717, 1.165) is 5.56 Å². The molecular weight excluding hydrogens is 520 g/mol. The second-order valence-corrected chi connectivity index (χ2v) is 12.3. The first-order valence-corrected chi connectivity index (χ1v) is 13.2. The fourth-order valence-electron chi connectivity index (χ4n) is 3.19. The fraction of sp³-hybridized carbons (Fsp3) is 0.621. The molecule has 1 rings (SSSR count). The monoisotopic (exact) mass is 564 g/mol. The molecule has 40 heavy (non-hydrogen) atoms. The van der Waals surface area contributed by atoms with Gasteiger partial charge in [-0.2, -0.15) is 0 Å². The van der Waals surface area contributed by atoms with Crippen LogP contribution in [0.4, 0.5) is 4.79 Å². The summed E-state index contributed by atoms with van der Waals surface area (Å²) in [6.45, 7) is 15.0. The molecule has 0 heterocycles. The van der Waals surface area contributed by atoms with Gasteiger partial charge in [0.25, 0.3) is 0 Å². The van der Waals surface area contributed by atoms with Gasteiger partial charge in [-0.05, 0) is 74.3 Å². The Bertz CT molecular complexity index is 1020. The SMILES string of the molecule is CC(C)(C)OC(=O)C[C@H](NC(=O)CC[C@H](NC(=O)OCc1ccccc1)C(=O)OC(C)(C)C)C(=O)OC(C)(C)C. The van der Waals surface area contributed by atoms with Crippen LogP contribution in [-0.2, 0) is 44.7 Å². The van der Waals surface area contributed by atoms with Crippen molar-refractivity contribution in [1.82, 2.24) is 10.6 Å². The highest BCUT2D eigenvalue weighted by atomic mass is 16.6. The van der Waals surface area contributed by atoms with Crippen LogP contribution in [0.1, 0.15) is 87.1 Å². The van der Waals surface area contributed by atoms with Crippen LogP contribution < -0.4 is 10.6 Å². The van der Waals surface area contributed by atoms with Gasteiger partial charge >= 0.3 is 24.0 Å². The van der Waals surface area contributed by atoms with Gasteiger partial charge in [0.15, 0.2) is 0 Å². The number of alkyl carbamates (subject to hydrolysis) is 1. The van der Waals surface area contributed by atoms with Crippen LogP contribution in [0.3, 0.4) is 0 Å². The van der Waals surface area contributed by atoms with Crippen LogP contribution >= 0.6 is 0 Å². The van der Waals surface area contributed by atoms with Gasteiger partial charge in [-0.3, -0.25) is 9.59 Å². The smallest absolute Gasteiger partial charge is 0.408 e. The Labute approximate surface area is 236 Å². The van der Waals surface area contributed by atoms with Crippen molar-refractivity contribution in [2.24, 2.45) is 0 Å². The molecule has 11 nitrogen and oxygen atoms in total. The molecule has 0 saturated carbocycles. The number of ether oxygens (including phenoxy) is 4. The lowest BCUT2D eigenvalue weighted by Crippen LogP contribution is -2.47. The molecule has 0 aliphatic heterocycles. The minimum absolute atomic E-state index is 0.0174. The van der Waals surface area contributed by atoms with Gasteiger partial charge in [0, 0.05) is 6.42 Å². The first kappa shape index (κ1) is 34.4. The van der Waals surface area contributed by atoms with Gasteiger partial charge in [0.1, 0.15) is 35.5 Å². The number of hydrogen-bond donors (Lipinski definition) is 2. The zero-order valence-corrected chi connectivity index (χ0v) is 25.0. The Morgan fingerprint density at radius 2 is 1.20 bits per heavy atom. The third-order valence-corrected chi connectivity index (χ3v) is 4.67. The van der Waals surface area contributed by atoms with Crippen LogP contribution in [0.2, 0.25) is 0 Å². The van der Waals surface area contributed by atoms with Crippen molar-refractivity contribution in [3.05, 3.63) is 35.9 Å². The van der Waals surface area contributed by atoms with E-state index in [2.05, 4.69) is 10.6 Å². The van der Waals surface area contributed by atoms with E-state index in [1.54, 1.807) is 86.6 Å². The van der Waals surface area contributed by atoms with E-state index < -0.39 is 65.2 Å². The van der Waals surface area contributed by atoms with Crippen LogP contribution in [0, 0.1) is 0 Å². The van der Waals surface area contributed by atoms with E-state index >= 15 is 0 Å². The van der Waals surface area contributed by atoms with Gasteiger partial charge in [-0.25, -0.2) is 14.4 Å². The van der Waals surface area contributed by atoms with E-state index in [1.807, 2.05) is 6.07 Å². The van der Waals surface area contributed by atoms with Crippen molar-refractivity contribution in [2.45, 2.75) is 117 Å². The van der Waals surface area contributed by atoms with E-state index in [1.165, 1.54) is 0 Å². The second-order valence-electron chi connectivity index (χ2n) is 12.3. The van der Waals surface area contributed by atoms with Crippen LogP contribution in [0.5, 0.6) is 0 Å². The molecule has 0 unspecified atom stereocenters. The number of nitrogens with one attached hydrogen (secondary N) is 2. The maximum Gasteiger partial charge on any atom is 0.408 e. The van der Waals surface area contributed by atoms with Gasteiger partial charge < -0.3 is 29.6 Å². The summed E-state index contributed by atoms with van der Waals surface area (Å²) in [6.07, 6.45) is -1.75. The molecule has 0 bridgehead atoms. The number of carbonyl (C=O) groups excluding carboxylic acids is 5. The molecule has 0 aromatic heterocycles. The highest BCUT2D eigenvalue weighted by Crippen LogP contribution is 2.15. The quantitative estimate of drug-likeness (QED) is 0.301. The Kier molecular flexibility index (Phi) is 12.6. The van der Waals surface area contributed by atoms with E-state index in [-0.39, 0.29) is 19.4 Å². The zero-order chi connectivity index (χ0) is 30.7. The lowest BCUT2D eigenvalue weighted by Gasteiger charge is -2.26. The first-order valence-electron chi connectivity index (χ1n) is 13.2. The minimum atomic E-state index is -1.31. The lowest BCUT2D eigenvalue weighted by molar-refractivity contribution is -0.165. The van der Waals surface area contributed by atoms with Gasteiger partial charge in [-0.1, -0.05) is 30.3 Å². The lowest BCUT2D eigenvalue weighted by atomic mass is 10.1. The Hall–Kier alpha value is -3.63. The first-order chi connectivity index (χ1) is 18.2. The summed E-state index contributed by atoms with van der Waals surface area (Å²) in [7, 11) is 0. The third-order valence-electron chi connectivity index (χ3n) is 4.67. The van der Waals surface area contributed by atoms with Crippen molar-refractivity contribution in [3.63, 3.8) is 0 Å². The van der Waals surface area contributed by atoms with Gasteiger partial charge in [0.05, 0.1) is 6.42 Å². The zero-order valence-electron chi connectivity index (χ0n) is 25.0. The average molecular weight is 565 g/mol. The normalized spacial score (nSPS) is 13.3. The standard InChI is InChI=1S/C29H44N2O9/c1-27(2,3)38-23(33)17-21(25(35)40-29(7,8)9)30-22(32)16-15-20(24(34)39-28(4,5)6)31-26(36)37-18-19-13-11-10-12-14-19/h10-14,20-21H,15-18H2,1-9H3,(H,30,32)(H,31,36)/t20-,21-/m0/s1. The van der Waals surface area contributed by atoms with Crippen LogP contribution in [0.15, 0.2) is 30.3 Å². The highest BCUT2D eigenvalue weighted by molar-refractivity contribution is 5.89. The number of benzene rings is 1. The van der Waals surface area contributed by atoms with Crippen LogP contribution in [-0.4, -0.2) is 58.8 Å². The van der Waals surface area contributed by atoms with Crippen molar-refractivity contribution < 1.29 is 42.9 Å². The maximum atomic E-state index is 12.8. The molecule has 224 valence electrons. The Morgan fingerprint density at radius 1 is 0.700 bits per heavy atom. The molecular formula is C29H44N2O9. The number of carbonyl (C=O) groups is 5. The molecule has 1 aromatic carbocycles. The van der Waals surface area contributed by atoms with Crippen molar-refractivity contribution in [3.8, 4) is 0 Å². The summed E-state index contributed by atoms with van der Waals surface area (Å²) >= 11 is 0. The molecule has 0 spiro atoms. The van der Waals surface area contributed by atoms with Crippen molar-refractivity contribution in [1.29, 1.82) is 0 Å². The molecule has 0 saturated heterocycles. The Morgan fingerprint density at radius 3 is 1.70 bits per heavy atom. The average Bonchev–Trinajstić information content (AvgIpc) is 2.77. The fourth-order valence-corrected chi connectivity index (χ4v) is 3.19. The molecule has 11 heteroatoms. The predicted molar refractivity (Wildman–Crippen MR) is 147 cm³/mol. The maximum absolute atomic E-state index is 12.8. The molecule has 0 aliphatic rings. The number of amides is 2. The van der Waals surface area contributed by atoms with Gasteiger partial charge in [-0.15, -0.1) is 0 Å². The molecule has 2 N–H and O–H groups in total. The van der Waals surface area contributed by atoms with Crippen molar-refractivity contribution >= 4 is 29.9 Å². The Balaban J connectivity index is 2.91. The van der Waals surface area contributed by atoms with E-state index in [9.17, 15) is 24.0 Å². The number of esters is 3. The summed E-state index contributed by atoms with van der Waals surface area (Å²) in [5.74, 6) is -2.90. The number of rotatable bonds is 11. The second kappa shape index (κ2) is 14.7. The molecule has 2 amide bonds. The molecule has 2 atom stereocenters. The summed E-state index contributed by atoms with van der Waals surface area (Å²) in [5.41, 5.74) is -1.74. The molecule has 0 aliphatic carbocycles. The summed E-state index contributed by atoms with van der Waals surface area (Å²) < 4.78 is 21.2. The molecule has 0 radical (unpaired) electrons. The third kappa shape index (κ3) is 15.7. The summed E-state index contributed by atoms with van der Waals surface area (Å²) in [4.78, 5) is 63.2. The minimum Gasteiger partial charge on any atom is -0.460 e. The predicted octanol–water partition coefficient (Wildman–Crippen LogP) is 3.96. The number of hydrogen-bond acceptors (Lipinski definition) is 9. The highest BCUT2D eigenvalue weighted by Gasteiger charge is 2.32. The van der Waals surface area contributed by atoms with E-state index in [0.29, 0.717) is 0 Å². The summed E-state index contributed by atoms with van der Waals surface area (Å²) in [6, 6.07) is 6.46. The van der Waals surface area contributed by atoms with Crippen LogP contribution in [0.25, 0.3) is 0 Å². The van der Waals surface area contributed by atoms with Crippen molar-refractivity contribution in [2.75, 3.05) is 0 Å².